The normalized spacial score (nSPS) is 22.1. The first-order chi connectivity index (χ1) is 8.93. The molecule has 0 saturated carbocycles. The molecule has 1 aliphatic heterocycles. The van der Waals surface area contributed by atoms with E-state index in [0.29, 0.717) is 6.04 Å². The van der Waals surface area contributed by atoms with Crippen LogP contribution in [0.25, 0.3) is 0 Å². The molecule has 3 heterocycles. The van der Waals surface area contributed by atoms with Crippen LogP contribution in [0.1, 0.15) is 41.6 Å². The summed E-state index contributed by atoms with van der Waals surface area (Å²) in [4.78, 5) is 6.28. The number of nitrogens with one attached hydrogen (secondary N) is 1. The molecule has 94 valence electrons. The summed E-state index contributed by atoms with van der Waals surface area (Å²) in [5.41, 5.74) is 2.83. The average molecular weight is 259 g/mol. The van der Waals surface area contributed by atoms with E-state index in [-0.39, 0.29) is 0 Å². The van der Waals surface area contributed by atoms with Gasteiger partial charge in [0.2, 0.25) is 5.95 Å². The molecule has 0 amide bonds. The Morgan fingerprint density at radius 1 is 1.33 bits per heavy atom. The zero-order chi connectivity index (χ0) is 11.9. The van der Waals surface area contributed by atoms with E-state index >= 15 is 0 Å². The number of hydrogen-bond acceptors (Lipinski definition) is 3. The van der Waals surface area contributed by atoms with Crippen LogP contribution in [0.5, 0.6) is 0 Å². The summed E-state index contributed by atoms with van der Waals surface area (Å²) >= 11 is 1.87. The second kappa shape index (κ2) is 4.12. The largest absolute Gasteiger partial charge is 0.356 e. The summed E-state index contributed by atoms with van der Waals surface area (Å²) in [7, 11) is 0. The Labute approximate surface area is 111 Å². The van der Waals surface area contributed by atoms with E-state index in [4.69, 9.17) is 4.98 Å². The number of nitrogens with zero attached hydrogens (tertiary/aromatic N) is 2. The molecule has 3 nitrogen and oxygen atoms in total. The fourth-order valence-electron chi connectivity index (χ4n) is 3.22. The first kappa shape index (κ1) is 10.6. The third kappa shape index (κ3) is 1.52. The minimum absolute atomic E-state index is 0.510. The van der Waals surface area contributed by atoms with Crippen LogP contribution < -0.4 is 5.32 Å². The Kier molecular flexibility index (Phi) is 2.43. The van der Waals surface area contributed by atoms with Crippen LogP contribution in [0.15, 0.2) is 17.5 Å². The van der Waals surface area contributed by atoms with Crippen molar-refractivity contribution in [3.05, 3.63) is 33.8 Å². The molecule has 0 bridgehead atoms. The molecule has 0 fully saturated rings. The molecule has 0 spiro atoms. The van der Waals surface area contributed by atoms with E-state index in [1.54, 1.807) is 0 Å². The highest BCUT2D eigenvalue weighted by Gasteiger charge is 2.28. The number of aromatic nitrogens is 2. The van der Waals surface area contributed by atoms with Crippen LogP contribution in [-0.4, -0.2) is 16.1 Å². The van der Waals surface area contributed by atoms with E-state index in [1.807, 2.05) is 11.3 Å². The van der Waals surface area contributed by atoms with Crippen LogP contribution in [0, 0.1) is 0 Å². The lowest BCUT2D eigenvalue weighted by molar-refractivity contribution is 0.508. The van der Waals surface area contributed by atoms with E-state index in [0.717, 1.165) is 18.9 Å². The number of fused-ring (bicyclic) bond motifs is 3. The van der Waals surface area contributed by atoms with Gasteiger partial charge in [-0.25, -0.2) is 4.98 Å². The van der Waals surface area contributed by atoms with Gasteiger partial charge in [0.1, 0.15) is 0 Å². The molecule has 4 heteroatoms. The predicted molar refractivity (Wildman–Crippen MR) is 74.4 cm³/mol. The Bertz CT molecular complexity index is 556. The number of aryl methyl sites for hydroxylation is 1. The third-order valence-corrected chi connectivity index (χ3v) is 5.03. The molecule has 0 saturated heterocycles. The third-order valence-electron chi connectivity index (χ3n) is 4.05. The molecule has 1 atom stereocenters. The summed E-state index contributed by atoms with van der Waals surface area (Å²) in [6.45, 7) is 1.04. The average Bonchev–Trinajstić information content (AvgIpc) is 3.05. The summed E-state index contributed by atoms with van der Waals surface area (Å²) in [6, 6.07) is 4.93. The highest BCUT2D eigenvalue weighted by atomic mass is 32.1. The van der Waals surface area contributed by atoms with Gasteiger partial charge in [-0.1, -0.05) is 6.07 Å². The number of hydrogen-bond donors (Lipinski definition) is 1. The van der Waals surface area contributed by atoms with Crippen molar-refractivity contribution in [3.63, 3.8) is 0 Å². The van der Waals surface area contributed by atoms with Gasteiger partial charge < -0.3 is 9.88 Å². The quantitative estimate of drug-likeness (QED) is 0.852. The molecule has 0 radical (unpaired) electrons. The first-order valence-electron chi connectivity index (χ1n) is 6.81. The fourth-order valence-corrected chi connectivity index (χ4v) is 4.08. The van der Waals surface area contributed by atoms with Gasteiger partial charge in [-0.2, -0.15) is 0 Å². The SMILES string of the molecule is c1csc(C2CCNc3nc4c(n32)CCCC4)c1. The van der Waals surface area contributed by atoms with Crippen molar-refractivity contribution >= 4 is 17.3 Å². The molecule has 2 aromatic rings. The summed E-state index contributed by atoms with van der Waals surface area (Å²) in [5, 5.41) is 5.65. The monoisotopic (exact) mass is 259 g/mol. The molecule has 1 aliphatic carbocycles. The van der Waals surface area contributed by atoms with E-state index in [9.17, 15) is 0 Å². The van der Waals surface area contributed by atoms with Crippen molar-refractivity contribution in [3.8, 4) is 0 Å². The smallest absolute Gasteiger partial charge is 0.203 e. The van der Waals surface area contributed by atoms with Gasteiger partial charge in [0.15, 0.2) is 0 Å². The second-order valence-corrected chi connectivity index (χ2v) is 6.13. The van der Waals surface area contributed by atoms with Crippen molar-refractivity contribution in [2.45, 2.75) is 38.1 Å². The molecule has 1 N–H and O–H groups in total. The summed E-state index contributed by atoms with van der Waals surface area (Å²) in [5.74, 6) is 1.10. The topological polar surface area (TPSA) is 29.9 Å². The van der Waals surface area contributed by atoms with Crippen molar-refractivity contribution < 1.29 is 0 Å². The van der Waals surface area contributed by atoms with Gasteiger partial charge in [0.05, 0.1) is 11.7 Å². The van der Waals surface area contributed by atoms with Crippen molar-refractivity contribution in [2.75, 3.05) is 11.9 Å². The first-order valence-corrected chi connectivity index (χ1v) is 7.69. The van der Waals surface area contributed by atoms with Gasteiger partial charge in [-0.15, -0.1) is 11.3 Å². The molecule has 1 unspecified atom stereocenters. The Morgan fingerprint density at radius 3 is 3.17 bits per heavy atom. The lowest BCUT2D eigenvalue weighted by Crippen LogP contribution is -2.25. The maximum Gasteiger partial charge on any atom is 0.203 e. The maximum atomic E-state index is 4.81. The Morgan fingerprint density at radius 2 is 2.28 bits per heavy atom. The molecular weight excluding hydrogens is 242 g/mol. The second-order valence-electron chi connectivity index (χ2n) is 5.15. The van der Waals surface area contributed by atoms with Crippen molar-refractivity contribution in [2.24, 2.45) is 0 Å². The molecule has 4 rings (SSSR count). The van der Waals surface area contributed by atoms with Crippen LogP contribution >= 0.6 is 11.3 Å². The molecule has 2 aromatic heterocycles. The van der Waals surface area contributed by atoms with Gasteiger partial charge in [0.25, 0.3) is 0 Å². The maximum absolute atomic E-state index is 4.81. The van der Waals surface area contributed by atoms with Crippen LogP contribution in [0.4, 0.5) is 5.95 Å². The standard InChI is InChI=1S/C14H17N3S/c1-2-5-11-10(4-1)16-14-15-8-7-12(17(11)14)13-6-3-9-18-13/h3,6,9,12H,1-2,4-5,7-8H2,(H,15,16). The van der Waals surface area contributed by atoms with Crippen molar-refractivity contribution in [1.82, 2.24) is 9.55 Å². The molecule has 0 aromatic carbocycles. The number of anilines is 1. The molecule has 2 aliphatic rings. The minimum atomic E-state index is 0.510. The zero-order valence-electron chi connectivity index (χ0n) is 10.4. The van der Waals surface area contributed by atoms with E-state index < -0.39 is 0 Å². The van der Waals surface area contributed by atoms with Crippen molar-refractivity contribution in [1.29, 1.82) is 0 Å². The number of thiophene rings is 1. The lowest BCUT2D eigenvalue weighted by atomic mass is 10.00. The van der Waals surface area contributed by atoms with Crippen LogP contribution in [0.3, 0.4) is 0 Å². The molecule has 18 heavy (non-hydrogen) atoms. The van der Waals surface area contributed by atoms with Crippen LogP contribution in [-0.2, 0) is 12.8 Å². The predicted octanol–water partition coefficient (Wildman–Crippen LogP) is 3.23. The van der Waals surface area contributed by atoms with E-state index in [2.05, 4.69) is 27.4 Å². The van der Waals surface area contributed by atoms with Gasteiger partial charge >= 0.3 is 0 Å². The zero-order valence-corrected chi connectivity index (χ0v) is 11.2. The Hall–Kier alpha value is -1.29. The fraction of sp³-hybridized carbons (Fsp3) is 0.500. The highest BCUT2D eigenvalue weighted by Crippen LogP contribution is 2.36. The Balaban J connectivity index is 1.85. The number of rotatable bonds is 1. The highest BCUT2D eigenvalue weighted by molar-refractivity contribution is 7.10. The van der Waals surface area contributed by atoms with Gasteiger partial charge in [0, 0.05) is 17.1 Å². The summed E-state index contributed by atoms with van der Waals surface area (Å²) in [6.07, 6.45) is 6.15. The minimum Gasteiger partial charge on any atom is -0.356 e. The molecular formula is C14H17N3S. The lowest BCUT2D eigenvalue weighted by Gasteiger charge is -2.28. The van der Waals surface area contributed by atoms with Gasteiger partial charge in [-0.3, -0.25) is 0 Å². The summed E-state index contributed by atoms with van der Waals surface area (Å²) < 4.78 is 2.48. The number of imidazole rings is 1. The van der Waals surface area contributed by atoms with Gasteiger partial charge in [-0.05, 0) is 43.6 Å². The van der Waals surface area contributed by atoms with Crippen LogP contribution in [0.2, 0.25) is 0 Å². The van der Waals surface area contributed by atoms with E-state index in [1.165, 1.54) is 41.9 Å².